The van der Waals surface area contributed by atoms with Gasteiger partial charge in [-0.05, 0) is 81.8 Å². The highest BCUT2D eigenvalue weighted by molar-refractivity contribution is 5.97. The first-order valence-electron chi connectivity index (χ1n) is 11.1. The summed E-state index contributed by atoms with van der Waals surface area (Å²) in [6, 6.07) is 4.94. The molecule has 3 saturated carbocycles. The van der Waals surface area contributed by atoms with Crippen LogP contribution >= 0.6 is 0 Å². The van der Waals surface area contributed by atoms with Crippen LogP contribution in [0.2, 0.25) is 0 Å². The number of imidazole rings is 1. The van der Waals surface area contributed by atoms with Crippen molar-refractivity contribution in [3.63, 3.8) is 0 Å². The van der Waals surface area contributed by atoms with Crippen molar-refractivity contribution < 1.29 is 9.18 Å². The molecule has 5 rings (SSSR count). The third-order valence-electron chi connectivity index (χ3n) is 8.30. The molecule has 0 aliphatic heterocycles. The van der Waals surface area contributed by atoms with Gasteiger partial charge in [0, 0.05) is 11.0 Å². The zero-order valence-electron chi connectivity index (χ0n) is 18.0. The van der Waals surface area contributed by atoms with Crippen LogP contribution in [0.1, 0.15) is 77.7 Å². The van der Waals surface area contributed by atoms with E-state index in [4.69, 9.17) is 0 Å². The maximum absolute atomic E-state index is 14.7. The van der Waals surface area contributed by atoms with Gasteiger partial charge in [0.15, 0.2) is 5.82 Å². The van der Waals surface area contributed by atoms with E-state index in [-0.39, 0.29) is 27.9 Å². The van der Waals surface area contributed by atoms with Gasteiger partial charge in [0.05, 0.1) is 17.1 Å². The summed E-state index contributed by atoms with van der Waals surface area (Å²) in [6.45, 7) is 6.70. The second-order valence-electron chi connectivity index (χ2n) is 10.6. The van der Waals surface area contributed by atoms with E-state index in [2.05, 4.69) is 31.1 Å². The number of rotatable bonds is 6. The molecule has 1 heterocycles. The van der Waals surface area contributed by atoms with E-state index in [9.17, 15) is 14.4 Å². The minimum atomic E-state index is -0.516. The topological polar surface area (TPSA) is 70.7 Å². The predicted octanol–water partition coefficient (Wildman–Crippen LogP) is 5.49. The van der Waals surface area contributed by atoms with Crippen molar-refractivity contribution in [1.82, 2.24) is 9.55 Å². The van der Waals surface area contributed by atoms with Crippen molar-refractivity contribution in [1.29, 1.82) is 5.26 Å². The minimum absolute atomic E-state index is 0.0130. The average Bonchev–Trinajstić information content (AvgIpc) is 3.59. The van der Waals surface area contributed by atoms with Gasteiger partial charge >= 0.3 is 0 Å². The smallest absolute Gasteiger partial charge is 0.232 e. The largest absolute Gasteiger partial charge is 0.304 e. The highest BCUT2D eigenvalue weighted by atomic mass is 19.1. The molecule has 2 aromatic rings. The SMILES string of the molecule is CC(CC1(C(=O)Nc2nc3c(F)cc(C#N)cc3n2C2(C)CCC2)CC1)C1(C)CC1. The Labute approximate surface area is 176 Å². The Kier molecular flexibility index (Phi) is 4.10. The summed E-state index contributed by atoms with van der Waals surface area (Å²) in [4.78, 5) is 17.8. The number of benzene rings is 1. The van der Waals surface area contributed by atoms with E-state index in [1.54, 1.807) is 6.07 Å². The van der Waals surface area contributed by atoms with Gasteiger partial charge in [-0.2, -0.15) is 5.26 Å². The summed E-state index contributed by atoms with van der Waals surface area (Å²) in [6.07, 6.45) is 8.19. The average molecular weight is 409 g/mol. The van der Waals surface area contributed by atoms with E-state index in [1.807, 2.05) is 10.6 Å². The predicted molar refractivity (Wildman–Crippen MR) is 113 cm³/mol. The molecule has 1 N–H and O–H groups in total. The van der Waals surface area contributed by atoms with Crippen molar-refractivity contribution in [2.24, 2.45) is 16.7 Å². The molecule has 0 saturated heterocycles. The monoisotopic (exact) mass is 408 g/mol. The van der Waals surface area contributed by atoms with Crippen molar-refractivity contribution in [3.05, 3.63) is 23.5 Å². The molecule has 3 aliphatic carbocycles. The maximum atomic E-state index is 14.7. The first-order chi connectivity index (χ1) is 14.2. The number of anilines is 1. The third kappa shape index (κ3) is 2.93. The molecule has 1 aromatic carbocycles. The summed E-state index contributed by atoms with van der Waals surface area (Å²) in [7, 11) is 0. The number of amides is 1. The molecule has 1 unspecified atom stereocenters. The van der Waals surface area contributed by atoms with Gasteiger partial charge in [-0.1, -0.05) is 13.8 Å². The van der Waals surface area contributed by atoms with Crippen molar-refractivity contribution >= 4 is 22.9 Å². The van der Waals surface area contributed by atoms with Crippen LogP contribution in [0.25, 0.3) is 11.0 Å². The molecule has 0 bridgehead atoms. The zero-order chi connectivity index (χ0) is 21.3. The van der Waals surface area contributed by atoms with Gasteiger partial charge in [-0.15, -0.1) is 0 Å². The van der Waals surface area contributed by atoms with Crippen molar-refractivity contribution in [2.45, 2.75) is 77.7 Å². The molecule has 1 amide bonds. The number of hydrogen-bond acceptors (Lipinski definition) is 3. The van der Waals surface area contributed by atoms with E-state index in [0.717, 1.165) is 38.5 Å². The summed E-state index contributed by atoms with van der Waals surface area (Å²) in [5.74, 6) is 0.434. The van der Waals surface area contributed by atoms with Crippen LogP contribution in [0.15, 0.2) is 12.1 Å². The number of halogens is 1. The van der Waals surface area contributed by atoms with Gasteiger partial charge in [0.2, 0.25) is 11.9 Å². The normalized spacial score (nSPS) is 23.3. The minimum Gasteiger partial charge on any atom is -0.304 e. The van der Waals surface area contributed by atoms with E-state index in [1.165, 1.54) is 18.9 Å². The number of nitrogens with zero attached hydrogens (tertiary/aromatic N) is 3. The Morgan fingerprint density at radius 1 is 1.27 bits per heavy atom. The van der Waals surface area contributed by atoms with Gasteiger partial charge in [0.25, 0.3) is 0 Å². The Balaban J connectivity index is 1.50. The highest BCUT2D eigenvalue weighted by Gasteiger charge is 2.54. The van der Waals surface area contributed by atoms with E-state index < -0.39 is 5.82 Å². The van der Waals surface area contributed by atoms with Crippen LogP contribution in [-0.4, -0.2) is 15.5 Å². The highest BCUT2D eigenvalue weighted by Crippen LogP contribution is 2.59. The standard InChI is InChI=1S/C24H29FN4O/c1-15(22(2)7-8-22)13-24(9-10-24)20(30)28-21-27-19-17(25)11-16(14-26)12-18(19)29(21)23(3)5-4-6-23/h11-12,15H,4-10,13H2,1-3H3,(H,27,28,30). The van der Waals surface area contributed by atoms with Crippen LogP contribution in [0.5, 0.6) is 0 Å². The third-order valence-corrected chi connectivity index (χ3v) is 8.30. The van der Waals surface area contributed by atoms with Gasteiger partial charge in [0.1, 0.15) is 5.52 Å². The molecule has 30 heavy (non-hydrogen) atoms. The first-order valence-corrected chi connectivity index (χ1v) is 11.1. The molecular weight excluding hydrogens is 379 g/mol. The molecule has 158 valence electrons. The maximum Gasteiger partial charge on any atom is 0.232 e. The van der Waals surface area contributed by atoms with Crippen LogP contribution < -0.4 is 5.32 Å². The Bertz CT molecular complexity index is 1080. The van der Waals surface area contributed by atoms with Gasteiger partial charge < -0.3 is 4.57 Å². The second kappa shape index (κ2) is 6.29. The molecule has 0 spiro atoms. The number of nitrogens with one attached hydrogen (secondary N) is 1. The fraction of sp³-hybridized carbons (Fsp3) is 0.625. The molecule has 1 atom stereocenters. The number of hydrogen-bond donors (Lipinski definition) is 1. The van der Waals surface area contributed by atoms with Gasteiger partial charge in [-0.25, -0.2) is 9.37 Å². The Hall–Kier alpha value is -2.42. The fourth-order valence-electron chi connectivity index (χ4n) is 5.17. The molecule has 3 fully saturated rings. The number of fused-ring (bicyclic) bond motifs is 1. The molecule has 6 heteroatoms. The lowest BCUT2D eigenvalue weighted by Crippen LogP contribution is -2.39. The summed E-state index contributed by atoms with van der Waals surface area (Å²) in [5, 5.41) is 12.4. The number of aromatic nitrogens is 2. The lowest BCUT2D eigenvalue weighted by Gasteiger charge is -2.41. The molecule has 1 aromatic heterocycles. The molecule has 3 aliphatic rings. The van der Waals surface area contributed by atoms with E-state index in [0.29, 0.717) is 22.8 Å². The van der Waals surface area contributed by atoms with Gasteiger partial charge in [-0.3, -0.25) is 10.1 Å². The lowest BCUT2D eigenvalue weighted by atomic mass is 9.78. The lowest BCUT2D eigenvalue weighted by molar-refractivity contribution is -0.122. The summed E-state index contributed by atoms with van der Waals surface area (Å²) >= 11 is 0. The van der Waals surface area contributed by atoms with Crippen LogP contribution in [-0.2, 0) is 10.3 Å². The summed E-state index contributed by atoms with van der Waals surface area (Å²) in [5.41, 5.74) is 0.939. The summed E-state index contributed by atoms with van der Waals surface area (Å²) < 4.78 is 16.7. The number of nitriles is 1. The number of carbonyl (C=O) groups excluding carboxylic acids is 1. The second-order valence-corrected chi connectivity index (χ2v) is 10.6. The molecule has 0 radical (unpaired) electrons. The molecular formula is C24H29FN4O. The zero-order valence-corrected chi connectivity index (χ0v) is 18.0. The Morgan fingerprint density at radius 2 is 1.97 bits per heavy atom. The van der Waals surface area contributed by atoms with Crippen LogP contribution in [0, 0.1) is 33.9 Å². The van der Waals surface area contributed by atoms with Crippen LogP contribution in [0.3, 0.4) is 0 Å². The van der Waals surface area contributed by atoms with Crippen molar-refractivity contribution in [3.8, 4) is 6.07 Å². The molecule has 5 nitrogen and oxygen atoms in total. The van der Waals surface area contributed by atoms with Crippen molar-refractivity contribution in [2.75, 3.05) is 5.32 Å². The van der Waals surface area contributed by atoms with E-state index >= 15 is 0 Å². The van der Waals surface area contributed by atoms with Crippen LogP contribution in [0.4, 0.5) is 10.3 Å². The first kappa shape index (κ1) is 19.5. The quantitative estimate of drug-likeness (QED) is 0.687. The Morgan fingerprint density at radius 3 is 2.50 bits per heavy atom. The number of carbonyl (C=O) groups is 1. The fourth-order valence-corrected chi connectivity index (χ4v) is 5.17.